The van der Waals surface area contributed by atoms with Crippen LogP contribution in [0, 0.1) is 5.92 Å². The van der Waals surface area contributed by atoms with Gasteiger partial charge in [-0.3, -0.25) is 14.9 Å². The lowest BCUT2D eigenvalue weighted by Crippen LogP contribution is -2.47. The van der Waals surface area contributed by atoms with Crippen LogP contribution in [-0.4, -0.2) is 23.4 Å². The summed E-state index contributed by atoms with van der Waals surface area (Å²) < 4.78 is 0. The number of anilines is 1. The molecular formula is C19H23N3O3. The maximum Gasteiger partial charge on any atom is 0.322 e. The number of hydrogen-bond donors (Lipinski definition) is 3. The molecule has 4 amide bonds. The van der Waals surface area contributed by atoms with Crippen LogP contribution in [0.25, 0.3) is 0 Å². The first-order valence-corrected chi connectivity index (χ1v) is 9.09. The molecule has 3 aliphatic rings. The number of nitrogens with one attached hydrogen (secondary N) is 3. The van der Waals surface area contributed by atoms with E-state index in [2.05, 4.69) is 16.0 Å². The summed E-state index contributed by atoms with van der Waals surface area (Å²) in [4.78, 5) is 35.7. The van der Waals surface area contributed by atoms with E-state index in [1.807, 2.05) is 18.2 Å². The molecular weight excluding hydrogens is 318 g/mol. The number of hydrogen-bond acceptors (Lipinski definition) is 3. The van der Waals surface area contributed by atoms with E-state index < -0.39 is 11.6 Å². The second-order valence-corrected chi connectivity index (χ2v) is 7.56. The van der Waals surface area contributed by atoms with E-state index in [-0.39, 0.29) is 11.8 Å². The lowest BCUT2D eigenvalue weighted by Gasteiger charge is -2.18. The summed E-state index contributed by atoms with van der Waals surface area (Å²) in [5.41, 5.74) is 1.95. The van der Waals surface area contributed by atoms with Crippen LogP contribution in [-0.2, 0) is 22.4 Å². The molecule has 0 bridgehead atoms. The molecule has 2 aliphatic carbocycles. The van der Waals surface area contributed by atoms with Gasteiger partial charge in [0, 0.05) is 24.9 Å². The third-order valence-corrected chi connectivity index (χ3v) is 5.74. The van der Waals surface area contributed by atoms with Crippen molar-refractivity contribution in [3.05, 3.63) is 29.3 Å². The predicted octanol–water partition coefficient (Wildman–Crippen LogP) is 2.27. The Hall–Kier alpha value is -2.37. The summed E-state index contributed by atoms with van der Waals surface area (Å²) in [7, 11) is 0. The van der Waals surface area contributed by atoms with E-state index in [1.54, 1.807) is 0 Å². The van der Waals surface area contributed by atoms with Gasteiger partial charge in [-0.1, -0.05) is 31.7 Å². The fraction of sp³-hybridized carbons (Fsp3) is 0.526. The minimum absolute atomic E-state index is 0.0477. The van der Waals surface area contributed by atoms with Crippen LogP contribution in [0.5, 0.6) is 0 Å². The van der Waals surface area contributed by atoms with Gasteiger partial charge in [0.1, 0.15) is 5.54 Å². The molecule has 1 heterocycles. The summed E-state index contributed by atoms with van der Waals surface area (Å²) in [6.45, 7) is 0. The summed E-state index contributed by atoms with van der Waals surface area (Å²) in [6, 6.07) is 5.31. The number of urea groups is 1. The lowest BCUT2D eigenvalue weighted by atomic mass is 9.96. The molecule has 4 rings (SSSR count). The van der Waals surface area contributed by atoms with Crippen molar-refractivity contribution in [2.45, 2.75) is 56.9 Å². The van der Waals surface area contributed by atoms with Crippen molar-refractivity contribution in [1.29, 1.82) is 0 Å². The van der Waals surface area contributed by atoms with E-state index in [4.69, 9.17) is 0 Å². The highest BCUT2D eigenvalue weighted by atomic mass is 16.2. The number of amides is 4. The van der Waals surface area contributed by atoms with E-state index in [0.717, 1.165) is 23.2 Å². The van der Waals surface area contributed by atoms with Crippen molar-refractivity contribution in [3.63, 3.8) is 0 Å². The third kappa shape index (κ3) is 3.13. The zero-order valence-corrected chi connectivity index (χ0v) is 14.2. The lowest BCUT2D eigenvalue weighted by molar-refractivity contribution is -0.123. The molecule has 0 radical (unpaired) electrons. The van der Waals surface area contributed by atoms with Crippen molar-refractivity contribution in [2.75, 3.05) is 5.32 Å². The highest BCUT2D eigenvalue weighted by Crippen LogP contribution is 2.34. The minimum atomic E-state index is -0.857. The molecule has 1 saturated heterocycles. The van der Waals surface area contributed by atoms with Gasteiger partial charge in [-0.05, 0) is 35.6 Å². The predicted molar refractivity (Wildman–Crippen MR) is 93.1 cm³/mol. The molecule has 6 nitrogen and oxygen atoms in total. The number of imide groups is 1. The second-order valence-electron chi connectivity index (χ2n) is 7.56. The average Bonchev–Trinajstić information content (AvgIpc) is 3.25. The van der Waals surface area contributed by atoms with Crippen molar-refractivity contribution in [1.82, 2.24) is 10.6 Å². The first-order chi connectivity index (χ1) is 12.0. The Morgan fingerprint density at radius 1 is 1.16 bits per heavy atom. The maximum atomic E-state index is 12.2. The molecule has 1 spiro atoms. The normalized spacial score (nSPS) is 25.1. The van der Waals surface area contributed by atoms with Crippen LogP contribution < -0.4 is 16.0 Å². The monoisotopic (exact) mass is 341 g/mol. The molecule has 1 aromatic rings. The Balaban J connectivity index is 1.39. The van der Waals surface area contributed by atoms with Crippen molar-refractivity contribution in [2.24, 2.45) is 5.92 Å². The SMILES string of the molecule is O=C(CCC1CCCC1)Nc1ccc2c(c1)CC1(C2)NC(=O)NC1=O. The maximum absolute atomic E-state index is 12.2. The van der Waals surface area contributed by atoms with Crippen LogP contribution in [0.2, 0.25) is 0 Å². The summed E-state index contributed by atoms with van der Waals surface area (Å²) in [5, 5.41) is 8.03. The van der Waals surface area contributed by atoms with Crippen molar-refractivity contribution >= 4 is 23.5 Å². The Labute approximate surface area is 146 Å². The van der Waals surface area contributed by atoms with Gasteiger partial charge in [0.2, 0.25) is 5.91 Å². The van der Waals surface area contributed by atoms with Crippen molar-refractivity contribution < 1.29 is 14.4 Å². The van der Waals surface area contributed by atoms with E-state index in [9.17, 15) is 14.4 Å². The zero-order valence-electron chi connectivity index (χ0n) is 14.2. The molecule has 1 atom stereocenters. The fourth-order valence-corrected chi connectivity index (χ4v) is 4.39. The Bertz CT molecular complexity index is 739. The highest BCUT2D eigenvalue weighted by Gasteiger charge is 2.49. The van der Waals surface area contributed by atoms with Gasteiger partial charge in [0.25, 0.3) is 5.91 Å². The molecule has 1 aliphatic heterocycles. The second kappa shape index (κ2) is 6.17. The number of fused-ring (bicyclic) bond motifs is 1. The van der Waals surface area contributed by atoms with Gasteiger partial charge in [0.15, 0.2) is 0 Å². The molecule has 2 fully saturated rings. The molecule has 1 saturated carbocycles. The van der Waals surface area contributed by atoms with Gasteiger partial charge in [-0.25, -0.2) is 4.79 Å². The molecule has 132 valence electrons. The first-order valence-electron chi connectivity index (χ1n) is 9.09. The Kier molecular flexibility index (Phi) is 3.98. The fourth-order valence-electron chi connectivity index (χ4n) is 4.39. The largest absolute Gasteiger partial charge is 0.326 e. The van der Waals surface area contributed by atoms with Gasteiger partial charge in [-0.2, -0.15) is 0 Å². The third-order valence-electron chi connectivity index (χ3n) is 5.74. The quantitative estimate of drug-likeness (QED) is 0.734. The molecule has 6 heteroatoms. The van der Waals surface area contributed by atoms with Gasteiger partial charge in [0.05, 0.1) is 0 Å². The molecule has 25 heavy (non-hydrogen) atoms. The van der Waals surface area contributed by atoms with Gasteiger partial charge >= 0.3 is 6.03 Å². The topological polar surface area (TPSA) is 87.3 Å². The molecule has 1 unspecified atom stereocenters. The number of carbonyl (C=O) groups is 3. The Morgan fingerprint density at radius 3 is 2.64 bits per heavy atom. The molecule has 1 aromatic carbocycles. The number of rotatable bonds is 4. The Morgan fingerprint density at radius 2 is 1.92 bits per heavy atom. The van der Waals surface area contributed by atoms with Crippen molar-refractivity contribution in [3.8, 4) is 0 Å². The summed E-state index contributed by atoms with van der Waals surface area (Å²) in [5.74, 6) is 0.484. The summed E-state index contributed by atoms with van der Waals surface area (Å²) in [6.07, 6.45) is 7.58. The smallest absolute Gasteiger partial charge is 0.322 e. The van der Waals surface area contributed by atoms with Crippen LogP contribution in [0.1, 0.15) is 49.7 Å². The zero-order chi connectivity index (χ0) is 17.4. The highest BCUT2D eigenvalue weighted by molar-refractivity contribution is 6.07. The standard InChI is InChI=1S/C19H23N3O3/c23-16(8-5-12-3-1-2-4-12)20-15-7-6-13-10-19(11-14(13)9-15)17(24)21-18(25)22-19/h6-7,9,12H,1-5,8,10-11H2,(H,20,23)(H2,21,22,24,25). The number of carbonyl (C=O) groups excluding carboxylic acids is 3. The van der Waals surface area contributed by atoms with Crippen LogP contribution in [0.3, 0.4) is 0 Å². The van der Waals surface area contributed by atoms with E-state index in [1.165, 1.54) is 25.7 Å². The molecule has 3 N–H and O–H groups in total. The van der Waals surface area contributed by atoms with E-state index in [0.29, 0.717) is 25.2 Å². The summed E-state index contributed by atoms with van der Waals surface area (Å²) >= 11 is 0. The first kappa shape index (κ1) is 16.1. The minimum Gasteiger partial charge on any atom is -0.326 e. The van der Waals surface area contributed by atoms with Crippen LogP contribution in [0.15, 0.2) is 18.2 Å². The number of benzene rings is 1. The van der Waals surface area contributed by atoms with Gasteiger partial charge in [-0.15, -0.1) is 0 Å². The average molecular weight is 341 g/mol. The van der Waals surface area contributed by atoms with Crippen LogP contribution in [0.4, 0.5) is 10.5 Å². The van der Waals surface area contributed by atoms with Gasteiger partial charge < -0.3 is 10.6 Å². The van der Waals surface area contributed by atoms with Crippen LogP contribution >= 0.6 is 0 Å². The molecule has 0 aromatic heterocycles. The van der Waals surface area contributed by atoms with E-state index >= 15 is 0 Å².